The van der Waals surface area contributed by atoms with Gasteiger partial charge < -0.3 is 20.1 Å². The Morgan fingerprint density at radius 2 is 1.79 bits per heavy atom. The third-order valence-corrected chi connectivity index (χ3v) is 18.9. The smallest absolute Gasteiger partial charge is 0.319 e. The fourth-order valence-electron chi connectivity index (χ4n) is 9.92. The van der Waals surface area contributed by atoms with Crippen molar-refractivity contribution in [1.82, 2.24) is 19.9 Å². The molecule has 1 aliphatic carbocycles. The molecule has 0 unspecified atom stereocenters. The van der Waals surface area contributed by atoms with E-state index in [4.69, 9.17) is 17.9 Å². The normalized spacial score (nSPS) is 26.0. The maximum absolute atomic E-state index is 17.5. The maximum atomic E-state index is 17.5. The van der Waals surface area contributed by atoms with E-state index in [1.807, 2.05) is 0 Å². The third-order valence-electron chi connectivity index (χ3n) is 12.6. The second kappa shape index (κ2) is 14.4. The number of alkyl halides is 2. The highest BCUT2D eigenvalue weighted by atomic mass is 28.3. The Balaban J connectivity index is 1.34. The average Bonchev–Trinajstić information content (AvgIpc) is 3.50. The molecule has 2 aromatic carbocycles. The van der Waals surface area contributed by atoms with Gasteiger partial charge in [-0.25, -0.2) is 22.0 Å². The van der Waals surface area contributed by atoms with E-state index < -0.39 is 68.1 Å². The number of nitrogen functional groups attached to an aromatic ring is 1. The number of aromatic nitrogens is 3. The van der Waals surface area contributed by atoms with Gasteiger partial charge in [0.05, 0.1) is 25.3 Å². The van der Waals surface area contributed by atoms with Crippen LogP contribution in [0, 0.1) is 28.9 Å². The number of pyridine rings is 1. The van der Waals surface area contributed by atoms with Crippen molar-refractivity contribution in [2.45, 2.75) is 114 Å². The minimum atomic E-state index is -2.51. The molecule has 1 saturated carbocycles. The molecule has 2 aromatic heterocycles. The number of rotatable bonds is 8. The highest BCUT2D eigenvalue weighted by molar-refractivity contribution is 6.90. The molecular weight excluding hydrogens is 744 g/mol. The maximum Gasteiger partial charge on any atom is 0.319 e. The second-order valence-corrected chi connectivity index (χ2v) is 22.4. The van der Waals surface area contributed by atoms with Crippen LogP contribution in [0.1, 0.15) is 75.5 Å². The van der Waals surface area contributed by atoms with E-state index in [9.17, 15) is 4.39 Å². The van der Waals surface area contributed by atoms with Crippen LogP contribution < -0.4 is 15.4 Å². The summed E-state index contributed by atoms with van der Waals surface area (Å²) in [5.41, 5.74) is 8.35. The lowest BCUT2D eigenvalue weighted by molar-refractivity contribution is 0.105. The molecule has 3 aliphatic heterocycles. The predicted molar refractivity (Wildman–Crippen MR) is 211 cm³/mol. The number of anilines is 2. The Morgan fingerprint density at radius 3 is 2.52 bits per heavy atom. The first kappa shape index (κ1) is 36.3. The van der Waals surface area contributed by atoms with Gasteiger partial charge in [-0.2, -0.15) is 9.97 Å². The molecule has 56 heavy (non-hydrogen) atoms. The monoisotopic (exact) mass is 794 g/mol. The quantitative estimate of drug-likeness (QED) is 0.0821. The van der Waals surface area contributed by atoms with Crippen molar-refractivity contribution in [2.24, 2.45) is 0 Å². The van der Waals surface area contributed by atoms with E-state index >= 15 is 17.6 Å². The van der Waals surface area contributed by atoms with E-state index in [2.05, 4.69) is 68.0 Å². The summed E-state index contributed by atoms with van der Waals surface area (Å²) in [5, 5.41) is 0.388. The Hall–Kier alpha value is -4.06. The van der Waals surface area contributed by atoms with Crippen LogP contribution in [0.2, 0.25) is 16.6 Å². The molecule has 298 valence electrons. The first-order valence-corrected chi connectivity index (χ1v) is 21.9. The number of nitrogens with zero attached hydrogens (tertiary/aromatic N) is 5. The van der Waals surface area contributed by atoms with Crippen LogP contribution in [-0.2, 0) is 4.74 Å². The summed E-state index contributed by atoms with van der Waals surface area (Å²) >= 11 is 0. The van der Waals surface area contributed by atoms with Gasteiger partial charge in [0.15, 0.2) is 23.6 Å². The second-order valence-electron chi connectivity index (χ2n) is 16.8. The van der Waals surface area contributed by atoms with Crippen molar-refractivity contribution in [3.63, 3.8) is 0 Å². The van der Waals surface area contributed by atoms with E-state index in [-0.39, 0.29) is 86.1 Å². The zero-order valence-corrected chi connectivity index (χ0v) is 33.5. The Labute approximate surface area is 328 Å². The van der Waals surface area contributed by atoms with Crippen LogP contribution in [0.15, 0.2) is 24.4 Å². The molecule has 8 nitrogen and oxygen atoms in total. The SMILES string of the molecule is [2H]C([2H])(Oc1nc(N2CCCO[C@H]3[C@H](F)[C@H]32)c2cnc(-c3cc(N)cc4cc(F)c(F)c(C#C[Si](C(C)C)(C(C)C)C(C)C)c34)c(F)c2n1)[C@@]12CCCN1C[C@H](F)C2. The molecule has 4 aromatic rings. The number of hydrogen-bond acceptors (Lipinski definition) is 8. The molecule has 2 N–H and O–H groups in total. The lowest BCUT2D eigenvalue weighted by Crippen LogP contribution is -2.43. The van der Waals surface area contributed by atoms with Gasteiger partial charge in [0.2, 0.25) is 0 Å². The molecule has 3 saturated heterocycles. The zero-order chi connectivity index (χ0) is 41.6. The lowest BCUT2D eigenvalue weighted by Gasteiger charge is -2.38. The highest BCUT2D eigenvalue weighted by Gasteiger charge is 2.58. The first-order valence-electron chi connectivity index (χ1n) is 20.6. The fourth-order valence-corrected chi connectivity index (χ4v) is 15.1. The summed E-state index contributed by atoms with van der Waals surface area (Å²) in [7, 11) is -2.47. The summed E-state index contributed by atoms with van der Waals surface area (Å²) in [6.45, 7) is 11.2. The van der Waals surface area contributed by atoms with Gasteiger partial charge in [-0.3, -0.25) is 9.88 Å². The van der Waals surface area contributed by atoms with Crippen molar-refractivity contribution in [2.75, 3.05) is 43.4 Å². The van der Waals surface area contributed by atoms with Crippen LogP contribution in [0.25, 0.3) is 32.9 Å². The van der Waals surface area contributed by atoms with Crippen molar-refractivity contribution in [3.8, 4) is 28.7 Å². The minimum Gasteiger partial charge on any atom is -0.461 e. The molecule has 4 aliphatic rings. The molecule has 0 spiro atoms. The number of fused-ring (bicyclic) bond motifs is 4. The first-order chi connectivity index (χ1) is 27.4. The Morgan fingerprint density at radius 1 is 1.04 bits per heavy atom. The lowest BCUT2D eigenvalue weighted by atomic mass is 9.95. The number of halogens is 5. The molecular formula is C42H49F5N6O2Si. The van der Waals surface area contributed by atoms with E-state index in [0.29, 0.717) is 32.4 Å². The van der Waals surface area contributed by atoms with Gasteiger partial charge in [0.1, 0.15) is 43.9 Å². The van der Waals surface area contributed by atoms with Crippen LogP contribution in [0.5, 0.6) is 6.01 Å². The van der Waals surface area contributed by atoms with Gasteiger partial charge in [0.25, 0.3) is 0 Å². The van der Waals surface area contributed by atoms with Crippen LogP contribution in [-0.4, -0.2) is 90.8 Å². The molecule has 0 radical (unpaired) electrons. The Kier molecular flexibility index (Phi) is 9.33. The summed E-state index contributed by atoms with van der Waals surface area (Å²) in [6, 6.07) is 2.62. The highest BCUT2D eigenvalue weighted by Crippen LogP contribution is 2.45. The van der Waals surface area contributed by atoms with Gasteiger partial charge in [-0.1, -0.05) is 47.5 Å². The number of hydrogen-bond donors (Lipinski definition) is 1. The summed E-state index contributed by atoms with van der Waals surface area (Å²) in [4.78, 5) is 16.9. The standard InChI is InChI=1S/C42H49F5N6O2Si/c1-22(2)56(23(3)4,24(5)6)14-9-28-32-25(16-31(44)33(28)45)15-27(48)17-29(32)36-34(46)37-30(19-49-36)40(53-12-8-13-54-39-35(47)38(39)53)51-41(50-37)55-21-42-10-7-11-52(42)20-26(43)18-42/h15-17,19,22-24,26,35,38-39H,7-8,10-13,18,20-21,48H2,1-6H3/t26-,35-,38-,39+,42+/m1/s1/i21D2. The summed E-state index contributed by atoms with van der Waals surface area (Å²) in [5.74, 6) is -0.190. The molecule has 14 heteroatoms. The van der Waals surface area contributed by atoms with E-state index in [0.717, 1.165) is 6.07 Å². The van der Waals surface area contributed by atoms with Crippen LogP contribution in [0.4, 0.5) is 33.5 Å². The van der Waals surface area contributed by atoms with Gasteiger partial charge in [0, 0.05) is 49.0 Å². The van der Waals surface area contributed by atoms with Crippen molar-refractivity contribution >= 4 is 41.3 Å². The third kappa shape index (κ3) is 6.29. The molecule has 5 heterocycles. The van der Waals surface area contributed by atoms with Crippen LogP contribution >= 0.6 is 0 Å². The van der Waals surface area contributed by atoms with Crippen molar-refractivity contribution in [1.29, 1.82) is 0 Å². The molecule has 4 fully saturated rings. The number of ether oxygens (including phenoxy) is 2. The molecule has 0 bridgehead atoms. The molecule has 8 rings (SSSR count). The average molecular weight is 795 g/mol. The van der Waals surface area contributed by atoms with Gasteiger partial charge >= 0.3 is 6.01 Å². The predicted octanol–water partition coefficient (Wildman–Crippen LogP) is 8.68. The zero-order valence-electron chi connectivity index (χ0n) is 34.5. The van der Waals surface area contributed by atoms with Crippen molar-refractivity contribution in [3.05, 3.63) is 47.4 Å². The topological polar surface area (TPSA) is 89.6 Å². The van der Waals surface area contributed by atoms with E-state index in [1.165, 1.54) is 18.3 Å². The number of nitrogens with two attached hydrogens (primary N) is 1. The number of benzene rings is 2. The fraction of sp³-hybridized carbons (Fsp3) is 0.548. The molecule has 0 amide bonds. The summed E-state index contributed by atoms with van der Waals surface area (Å²) in [6.07, 6.45) is -0.636. The molecule has 5 atom stereocenters. The van der Waals surface area contributed by atoms with Gasteiger partial charge in [-0.15, -0.1) is 5.54 Å². The summed E-state index contributed by atoms with van der Waals surface area (Å²) < 4.78 is 109. The minimum absolute atomic E-state index is 0.0381. The van der Waals surface area contributed by atoms with Crippen molar-refractivity contribution < 1.29 is 34.2 Å². The largest absolute Gasteiger partial charge is 0.461 e. The van der Waals surface area contributed by atoms with E-state index in [1.54, 1.807) is 9.80 Å². The van der Waals surface area contributed by atoms with Gasteiger partial charge in [-0.05, 0) is 66.0 Å². The van der Waals surface area contributed by atoms with Crippen LogP contribution in [0.3, 0.4) is 0 Å². The Bertz CT molecular complexity index is 2340.